The maximum atomic E-state index is 12.8. The third-order valence-electron chi connectivity index (χ3n) is 3.95. The molecule has 1 atom stereocenters. The van der Waals surface area contributed by atoms with Gasteiger partial charge in [0.05, 0.1) is 22.8 Å². The lowest BCUT2D eigenvalue weighted by atomic mass is 10.1. The van der Waals surface area contributed by atoms with Gasteiger partial charge in [-0.05, 0) is 45.4 Å². The monoisotopic (exact) mass is 394 g/mol. The van der Waals surface area contributed by atoms with Gasteiger partial charge in [0, 0.05) is 16.8 Å². The maximum absolute atomic E-state index is 12.8. The number of aryl methyl sites for hydroxylation is 1. The van der Waals surface area contributed by atoms with Gasteiger partial charge in [-0.15, -0.1) is 0 Å². The van der Waals surface area contributed by atoms with Crippen LogP contribution in [-0.4, -0.2) is 34.4 Å². The molecule has 1 aromatic heterocycles. The van der Waals surface area contributed by atoms with Crippen LogP contribution in [0.25, 0.3) is 0 Å². The van der Waals surface area contributed by atoms with Crippen LogP contribution in [0.15, 0.2) is 18.2 Å². The van der Waals surface area contributed by atoms with Crippen molar-refractivity contribution in [3.05, 3.63) is 55.9 Å². The molecule has 144 valence electrons. The Bertz CT molecular complexity index is 905. The Morgan fingerprint density at radius 1 is 1.33 bits per heavy atom. The highest BCUT2D eigenvalue weighted by Gasteiger charge is 2.28. The van der Waals surface area contributed by atoms with Crippen LogP contribution in [-0.2, 0) is 4.74 Å². The number of carbonyl (C=O) groups excluding carboxylic acids is 2. The number of benzene rings is 1. The molecule has 2 aromatic rings. The lowest BCUT2D eigenvalue weighted by Crippen LogP contribution is -2.25. The highest BCUT2D eigenvalue weighted by molar-refractivity contribution is 6.30. The first-order valence-corrected chi connectivity index (χ1v) is 8.56. The fourth-order valence-corrected chi connectivity index (χ4v) is 2.85. The molecule has 1 heterocycles. The lowest BCUT2D eigenvalue weighted by Gasteiger charge is -2.14. The highest BCUT2D eigenvalue weighted by atomic mass is 35.5. The van der Waals surface area contributed by atoms with Gasteiger partial charge in [0.25, 0.3) is 0 Å². The second-order valence-corrected chi connectivity index (χ2v) is 6.28. The molecule has 9 heteroatoms. The van der Waals surface area contributed by atoms with E-state index in [-0.39, 0.29) is 28.8 Å². The number of H-pyrrole nitrogens is 1. The predicted molar refractivity (Wildman–Crippen MR) is 98.8 cm³/mol. The molecule has 0 aliphatic rings. The van der Waals surface area contributed by atoms with Gasteiger partial charge in [-0.3, -0.25) is 14.9 Å². The Hall–Kier alpha value is -2.87. The maximum Gasteiger partial charge on any atom is 0.340 e. The van der Waals surface area contributed by atoms with Crippen molar-refractivity contribution >= 4 is 29.0 Å². The fraction of sp³-hybridized carbons (Fsp3) is 0.333. The minimum Gasteiger partial charge on any atom is -0.475 e. The summed E-state index contributed by atoms with van der Waals surface area (Å²) in [4.78, 5) is 38.2. The van der Waals surface area contributed by atoms with Crippen LogP contribution >= 0.6 is 11.6 Å². The Morgan fingerprint density at radius 2 is 2.00 bits per heavy atom. The molecule has 0 aliphatic carbocycles. The first-order chi connectivity index (χ1) is 12.7. The second-order valence-electron chi connectivity index (χ2n) is 5.84. The van der Waals surface area contributed by atoms with Crippen molar-refractivity contribution in [3.63, 3.8) is 0 Å². The van der Waals surface area contributed by atoms with E-state index in [1.807, 2.05) is 0 Å². The molecule has 0 spiro atoms. The molecule has 0 saturated heterocycles. The number of hydrogen-bond acceptors (Lipinski definition) is 6. The van der Waals surface area contributed by atoms with Crippen LogP contribution in [0.5, 0.6) is 5.75 Å². The van der Waals surface area contributed by atoms with Gasteiger partial charge in [-0.25, -0.2) is 4.79 Å². The summed E-state index contributed by atoms with van der Waals surface area (Å²) in [6.07, 6.45) is -1.03. The minimum atomic E-state index is -1.03. The first kappa shape index (κ1) is 20.4. The van der Waals surface area contributed by atoms with Crippen LogP contribution in [0.3, 0.4) is 0 Å². The van der Waals surface area contributed by atoms with Crippen molar-refractivity contribution in [1.29, 1.82) is 0 Å². The quantitative estimate of drug-likeness (QED) is 0.328. The zero-order valence-electron chi connectivity index (χ0n) is 15.3. The number of nitro benzene ring substituents is 1. The zero-order chi connectivity index (χ0) is 20.3. The van der Waals surface area contributed by atoms with Crippen molar-refractivity contribution in [3.8, 4) is 5.75 Å². The smallest absolute Gasteiger partial charge is 0.340 e. The molecule has 2 rings (SSSR count). The average molecular weight is 395 g/mol. The Balaban J connectivity index is 2.30. The van der Waals surface area contributed by atoms with Crippen LogP contribution in [0.1, 0.15) is 46.0 Å². The van der Waals surface area contributed by atoms with Gasteiger partial charge in [-0.1, -0.05) is 11.6 Å². The average Bonchev–Trinajstić information content (AvgIpc) is 2.90. The summed E-state index contributed by atoms with van der Waals surface area (Å²) >= 11 is 5.78. The van der Waals surface area contributed by atoms with Gasteiger partial charge in [-0.2, -0.15) is 0 Å². The van der Waals surface area contributed by atoms with Crippen molar-refractivity contribution in [2.45, 2.75) is 33.8 Å². The Labute approximate surface area is 160 Å². The van der Waals surface area contributed by atoms with Crippen LogP contribution in [0.2, 0.25) is 5.02 Å². The number of nitro groups is 1. The van der Waals surface area contributed by atoms with Gasteiger partial charge < -0.3 is 14.5 Å². The zero-order valence-corrected chi connectivity index (χ0v) is 16.0. The highest BCUT2D eigenvalue weighted by Crippen LogP contribution is 2.31. The number of Topliss-reactive ketones (excluding diaryl/α,β-unsaturated/α-hetero) is 1. The number of aromatic nitrogens is 1. The van der Waals surface area contributed by atoms with E-state index in [0.29, 0.717) is 16.8 Å². The molecule has 1 N–H and O–H groups in total. The third-order valence-corrected chi connectivity index (χ3v) is 4.19. The van der Waals surface area contributed by atoms with Crippen molar-refractivity contribution in [1.82, 2.24) is 4.98 Å². The number of ketones is 1. The number of ether oxygens (including phenoxy) is 2. The van der Waals surface area contributed by atoms with E-state index in [1.165, 1.54) is 19.1 Å². The number of esters is 1. The van der Waals surface area contributed by atoms with E-state index < -0.39 is 22.8 Å². The van der Waals surface area contributed by atoms with Gasteiger partial charge >= 0.3 is 11.7 Å². The summed E-state index contributed by atoms with van der Waals surface area (Å²) in [5, 5.41) is 11.3. The van der Waals surface area contributed by atoms with Crippen molar-refractivity contribution in [2.24, 2.45) is 0 Å². The number of halogens is 1. The largest absolute Gasteiger partial charge is 0.475 e. The summed E-state index contributed by atoms with van der Waals surface area (Å²) in [6.45, 7) is 6.66. The predicted octanol–water partition coefficient (Wildman–Crippen LogP) is 4.02. The van der Waals surface area contributed by atoms with Gasteiger partial charge in [0.2, 0.25) is 5.78 Å². The van der Waals surface area contributed by atoms with Crippen molar-refractivity contribution < 1.29 is 24.0 Å². The lowest BCUT2D eigenvalue weighted by molar-refractivity contribution is -0.386. The van der Waals surface area contributed by atoms with E-state index in [4.69, 9.17) is 21.1 Å². The molecule has 0 radical (unpaired) electrons. The molecule has 1 aromatic carbocycles. The molecular formula is C18H19ClN2O6. The number of hydrogen-bond donors (Lipinski definition) is 1. The molecular weight excluding hydrogens is 376 g/mol. The van der Waals surface area contributed by atoms with Crippen LogP contribution in [0, 0.1) is 24.0 Å². The normalized spacial score (nSPS) is 11.7. The molecule has 0 bridgehead atoms. The van der Waals surface area contributed by atoms with Crippen LogP contribution in [0.4, 0.5) is 5.69 Å². The number of nitrogens with one attached hydrogen (secondary N) is 1. The van der Waals surface area contributed by atoms with E-state index in [1.54, 1.807) is 20.8 Å². The summed E-state index contributed by atoms with van der Waals surface area (Å²) in [7, 11) is 0. The second kappa shape index (κ2) is 8.22. The topological polar surface area (TPSA) is 112 Å². The SMILES string of the molecule is CCOC(=O)c1c(C)[nH]c(C(=O)[C@@H](C)Oc2ccc(Cl)cc2[N+](=O)[O-])c1C. The molecule has 0 amide bonds. The molecule has 0 saturated carbocycles. The van der Waals surface area contributed by atoms with E-state index in [9.17, 15) is 19.7 Å². The van der Waals surface area contributed by atoms with Gasteiger partial charge in [0.15, 0.2) is 11.9 Å². The van der Waals surface area contributed by atoms with Gasteiger partial charge in [0.1, 0.15) is 0 Å². The molecule has 0 aliphatic heterocycles. The summed E-state index contributed by atoms with van der Waals surface area (Å²) in [5.74, 6) is -1.04. The summed E-state index contributed by atoms with van der Waals surface area (Å²) in [6, 6.07) is 3.92. The number of aromatic amines is 1. The number of nitrogens with zero attached hydrogens (tertiary/aromatic N) is 1. The van der Waals surface area contributed by atoms with Crippen LogP contribution < -0.4 is 4.74 Å². The summed E-state index contributed by atoms with van der Waals surface area (Å²) in [5.41, 5.74) is 1.09. The fourth-order valence-electron chi connectivity index (χ4n) is 2.69. The van der Waals surface area contributed by atoms with Crippen molar-refractivity contribution in [2.75, 3.05) is 6.61 Å². The number of carbonyl (C=O) groups is 2. The Morgan fingerprint density at radius 3 is 2.59 bits per heavy atom. The number of rotatable bonds is 7. The standard InChI is InChI=1S/C18H19ClN2O6/c1-5-26-18(23)15-9(2)16(20-10(15)3)17(22)11(4)27-14-7-6-12(19)8-13(14)21(24)25/h6-8,11,20H,5H2,1-4H3/t11-/m1/s1. The summed E-state index contributed by atoms with van der Waals surface area (Å²) < 4.78 is 10.5. The molecule has 27 heavy (non-hydrogen) atoms. The minimum absolute atomic E-state index is 0.0724. The molecule has 0 unspecified atom stereocenters. The first-order valence-electron chi connectivity index (χ1n) is 8.18. The third kappa shape index (κ3) is 4.28. The van der Waals surface area contributed by atoms with E-state index >= 15 is 0 Å². The molecule has 0 fully saturated rings. The van der Waals surface area contributed by atoms with E-state index in [0.717, 1.165) is 6.07 Å². The Kier molecular flexibility index (Phi) is 6.22. The molecule has 8 nitrogen and oxygen atoms in total. The van der Waals surface area contributed by atoms with E-state index in [2.05, 4.69) is 4.98 Å².